The number of fused-ring (bicyclic) bond motifs is 1. The van der Waals surface area contributed by atoms with E-state index in [9.17, 15) is 0 Å². The fraction of sp³-hybridized carbons (Fsp3) is 0.182. The van der Waals surface area contributed by atoms with Crippen LogP contribution in [0.4, 0.5) is 0 Å². The van der Waals surface area contributed by atoms with Crippen LogP contribution in [0.3, 0.4) is 0 Å². The molecule has 2 N–H and O–H groups in total. The average Bonchev–Trinajstić information content (AvgIpc) is 2.97. The number of rotatable bonds is 3. The van der Waals surface area contributed by atoms with Gasteiger partial charge in [0, 0.05) is 12.3 Å². The molecule has 0 atom stereocenters. The number of hydrogen-bond donors (Lipinski definition) is 2. The molecule has 0 saturated heterocycles. The summed E-state index contributed by atoms with van der Waals surface area (Å²) in [5.41, 5.74) is 2.35. The number of nitrogens with one attached hydrogen (secondary N) is 2. The van der Waals surface area contributed by atoms with Gasteiger partial charge in [-0.3, -0.25) is 5.10 Å². The number of hydrogen-bond acceptors (Lipinski definition) is 4. The fourth-order valence-corrected chi connectivity index (χ4v) is 1.62. The molecule has 0 amide bonds. The van der Waals surface area contributed by atoms with Gasteiger partial charge in [0.2, 0.25) is 5.88 Å². The van der Waals surface area contributed by atoms with Crippen LogP contribution in [0.5, 0.6) is 5.88 Å². The molecule has 6 heteroatoms. The van der Waals surface area contributed by atoms with Crippen LogP contribution in [0.2, 0.25) is 0 Å². The Balaban J connectivity index is 2.07. The van der Waals surface area contributed by atoms with Crippen LogP contribution in [0.1, 0.15) is 6.92 Å². The lowest BCUT2D eigenvalue weighted by atomic mass is 10.4. The van der Waals surface area contributed by atoms with E-state index in [1.165, 1.54) is 0 Å². The first-order valence-electron chi connectivity index (χ1n) is 5.36. The molecular formula is C11H11N5O. The second kappa shape index (κ2) is 3.89. The molecule has 0 saturated carbocycles. The molecule has 3 aromatic heterocycles. The zero-order chi connectivity index (χ0) is 11.7. The van der Waals surface area contributed by atoms with Gasteiger partial charge in [-0.2, -0.15) is 10.1 Å². The molecule has 0 radical (unpaired) electrons. The third-order valence-electron chi connectivity index (χ3n) is 2.37. The average molecular weight is 229 g/mol. The van der Waals surface area contributed by atoms with Crippen LogP contribution >= 0.6 is 0 Å². The van der Waals surface area contributed by atoms with E-state index in [4.69, 9.17) is 4.74 Å². The van der Waals surface area contributed by atoms with Gasteiger partial charge in [0.05, 0.1) is 12.1 Å². The van der Waals surface area contributed by atoms with E-state index >= 15 is 0 Å². The van der Waals surface area contributed by atoms with E-state index < -0.39 is 0 Å². The van der Waals surface area contributed by atoms with Crippen LogP contribution < -0.4 is 4.74 Å². The lowest BCUT2D eigenvalue weighted by Gasteiger charge is -1.99. The number of aromatic nitrogens is 5. The Morgan fingerprint density at radius 2 is 2.18 bits per heavy atom. The van der Waals surface area contributed by atoms with Gasteiger partial charge in [0.1, 0.15) is 5.69 Å². The third kappa shape index (κ3) is 1.73. The Hall–Kier alpha value is -2.37. The summed E-state index contributed by atoms with van der Waals surface area (Å²) in [5, 5.41) is 6.74. The maximum Gasteiger partial charge on any atom is 0.215 e. The predicted molar refractivity (Wildman–Crippen MR) is 62.6 cm³/mol. The largest absolute Gasteiger partial charge is 0.478 e. The van der Waals surface area contributed by atoms with Crippen LogP contribution in [0.25, 0.3) is 22.7 Å². The van der Waals surface area contributed by atoms with Crippen LogP contribution in [0.15, 0.2) is 24.4 Å². The highest BCUT2D eigenvalue weighted by atomic mass is 16.5. The van der Waals surface area contributed by atoms with E-state index in [0.29, 0.717) is 18.1 Å². The monoisotopic (exact) mass is 229 g/mol. The van der Waals surface area contributed by atoms with Gasteiger partial charge in [0.25, 0.3) is 0 Å². The minimum absolute atomic E-state index is 0.586. The van der Waals surface area contributed by atoms with E-state index in [1.807, 2.05) is 25.1 Å². The minimum atomic E-state index is 0.586. The summed E-state index contributed by atoms with van der Waals surface area (Å²) in [6.07, 6.45) is 1.68. The van der Waals surface area contributed by atoms with Gasteiger partial charge >= 0.3 is 0 Å². The van der Waals surface area contributed by atoms with Gasteiger partial charge in [-0.15, -0.1) is 0 Å². The molecule has 0 aromatic carbocycles. The smallest absolute Gasteiger partial charge is 0.215 e. The number of ether oxygens (including phenoxy) is 1. The van der Waals surface area contributed by atoms with Gasteiger partial charge in [-0.25, -0.2) is 4.98 Å². The molecule has 3 aromatic rings. The summed E-state index contributed by atoms with van der Waals surface area (Å²) in [7, 11) is 0. The minimum Gasteiger partial charge on any atom is -0.478 e. The van der Waals surface area contributed by atoms with Crippen molar-refractivity contribution in [1.29, 1.82) is 0 Å². The summed E-state index contributed by atoms with van der Waals surface area (Å²) in [6.45, 7) is 2.52. The number of aromatic amines is 2. The highest BCUT2D eigenvalue weighted by Crippen LogP contribution is 2.19. The second-order valence-corrected chi connectivity index (χ2v) is 3.51. The van der Waals surface area contributed by atoms with Crippen LogP contribution in [0, 0.1) is 0 Å². The third-order valence-corrected chi connectivity index (χ3v) is 2.37. The highest BCUT2D eigenvalue weighted by molar-refractivity contribution is 5.75. The summed E-state index contributed by atoms with van der Waals surface area (Å²) in [4.78, 5) is 11.8. The van der Waals surface area contributed by atoms with Crippen LogP contribution in [-0.2, 0) is 0 Å². The molecule has 0 bridgehead atoms. The van der Waals surface area contributed by atoms with Crippen molar-refractivity contribution in [3.05, 3.63) is 24.4 Å². The first kappa shape index (κ1) is 9.83. The van der Waals surface area contributed by atoms with Gasteiger partial charge in [-0.1, -0.05) is 0 Å². The van der Waals surface area contributed by atoms with Crippen molar-refractivity contribution in [2.24, 2.45) is 0 Å². The van der Waals surface area contributed by atoms with Crippen molar-refractivity contribution in [3.8, 4) is 17.4 Å². The Kier molecular flexibility index (Phi) is 2.25. The quantitative estimate of drug-likeness (QED) is 0.717. The van der Waals surface area contributed by atoms with Crippen molar-refractivity contribution in [2.45, 2.75) is 6.92 Å². The van der Waals surface area contributed by atoms with Crippen molar-refractivity contribution in [1.82, 2.24) is 25.1 Å². The van der Waals surface area contributed by atoms with E-state index in [0.717, 1.165) is 17.0 Å². The first-order valence-corrected chi connectivity index (χ1v) is 5.36. The Bertz CT molecular complexity index is 628. The maximum atomic E-state index is 5.33. The molecule has 86 valence electrons. The molecule has 0 unspecified atom stereocenters. The lowest BCUT2D eigenvalue weighted by molar-refractivity contribution is 0.328. The van der Waals surface area contributed by atoms with Crippen molar-refractivity contribution in [2.75, 3.05) is 6.61 Å². The van der Waals surface area contributed by atoms with Gasteiger partial charge in [0.15, 0.2) is 11.5 Å². The maximum absolute atomic E-state index is 5.33. The molecule has 0 spiro atoms. The molecular weight excluding hydrogens is 218 g/mol. The molecule has 0 aliphatic heterocycles. The molecule has 6 nitrogen and oxygen atoms in total. The van der Waals surface area contributed by atoms with Gasteiger partial charge < -0.3 is 9.72 Å². The molecule has 3 heterocycles. The Morgan fingerprint density at radius 1 is 1.24 bits per heavy atom. The summed E-state index contributed by atoms with van der Waals surface area (Å²) in [6, 6.07) is 5.57. The van der Waals surface area contributed by atoms with E-state index in [2.05, 4.69) is 25.1 Å². The molecule has 0 aliphatic carbocycles. The number of H-pyrrole nitrogens is 2. The number of nitrogens with zero attached hydrogens (tertiary/aromatic N) is 3. The van der Waals surface area contributed by atoms with Crippen LogP contribution in [-0.4, -0.2) is 31.8 Å². The topological polar surface area (TPSA) is 79.5 Å². The fourth-order valence-electron chi connectivity index (χ4n) is 1.62. The zero-order valence-electron chi connectivity index (χ0n) is 9.27. The Morgan fingerprint density at radius 3 is 2.94 bits per heavy atom. The summed E-state index contributed by atoms with van der Waals surface area (Å²) < 4.78 is 5.33. The zero-order valence-corrected chi connectivity index (χ0v) is 9.27. The van der Waals surface area contributed by atoms with E-state index in [1.54, 1.807) is 6.20 Å². The van der Waals surface area contributed by atoms with E-state index in [-0.39, 0.29) is 0 Å². The number of pyridine rings is 1. The SMILES string of the molecule is CCOc1ccc2[nH]c(-c3ccn[nH]3)nc2n1. The molecule has 17 heavy (non-hydrogen) atoms. The van der Waals surface area contributed by atoms with Crippen molar-refractivity contribution >= 4 is 11.2 Å². The first-order chi connectivity index (χ1) is 8.36. The Labute approximate surface area is 97.1 Å². The predicted octanol–water partition coefficient (Wildman–Crippen LogP) is 1.75. The number of imidazole rings is 1. The molecule has 0 aliphatic rings. The normalized spacial score (nSPS) is 10.9. The second-order valence-electron chi connectivity index (χ2n) is 3.51. The van der Waals surface area contributed by atoms with Crippen molar-refractivity contribution < 1.29 is 4.74 Å². The molecule has 0 fully saturated rings. The lowest BCUT2D eigenvalue weighted by Crippen LogP contribution is -1.93. The summed E-state index contributed by atoms with van der Waals surface area (Å²) in [5.74, 6) is 1.31. The summed E-state index contributed by atoms with van der Waals surface area (Å²) >= 11 is 0. The molecule has 3 rings (SSSR count). The standard InChI is InChI=1S/C11H11N5O/c1-2-17-9-4-3-7-10(14-9)15-11(13-7)8-5-6-12-16-8/h3-6H,2H2,1H3,(H,12,16)(H,13,14,15). The van der Waals surface area contributed by atoms with Crippen molar-refractivity contribution in [3.63, 3.8) is 0 Å². The highest BCUT2D eigenvalue weighted by Gasteiger charge is 2.08. The van der Waals surface area contributed by atoms with Gasteiger partial charge in [-0.05, 0) is 19.1 Å².